The van der Waals surface area contributed by atoms with Gasteiger partial charge in [0.25, 0.3) is 10.0 Å². The largest absolute Gasteiger partial charge is 0.323 e. The fraction of sp³-hybridized carbons (Fsp3) is 0.136. The van der Waals surface area contributed by atoms with Gasteiger partial charge in [0.1, 0.15) is 0 Å². The van der Waals surface area contributed by atoms with Crippen LogP contribution in [-0.4, -0.2) is 21.0 Å². The van der Waals surface area contributed by atoms with E-state index in [0.29, 0.717) is 35.1 Å². The van der Waals surface area contributed by atoms with Crippen molar-refractivity contribution in [2.24, 2.45) is 0 Å². The second-order valence-corrected chi connectivity index (χ2v) is 9.37. The standard InChI is InChI=1S/C22H20ClN3O3S/c1-15-5-8-20(9-6-15)30(28,29)26-12-11-16-13-19(7-10-21(16)26)25-22(27)24-18-4-2-3-17(23)14-18/h2-10,13-14H,11-12H2,1H3,(H2,24,25,27). The SMILES string of the molecule is Cc1ccc(S(=O)(=O)N2CCc3cc(NC(=O)Nc4cccc(Cl)c4)ccc32)cc1. The van der Waals surface area contributed by atoms with E-state index in [0.717, 1.165) is 11.1 Å². The molecule has 0 bridgehead atoms. The summed E-state index contributed by atoms with van der Waals surface area (Å²) in [4.78, 5) is 12.5. The van der Waals surface area contributed by atoms with Crippen LogP contribution in [0.4, 0.5) is 21.9 Å². The number of carbonyl (C=O) groups is 1. The first kappa shape index (κ1) is 20.3. The first-order valence-corrected chi connectivity index (χ1v) is 11.2. The fourth-order valence-electron chi connectivity index (χ4n) is 3.40. The van der Waals surface area contributed by atoms with E-state index in [1.165, 1.54) is 4.31 Å². The summed E-state index contributed by atoms with van der Waals surface area (Å²) in [7, 11) is -3.63. The highest BCUT2D eigenvalue weighted by molar-refractivity contribution is 7.92. The zero-order valence-corrected chi connectivity index (χ0v) is 17.8. The van der Waals surface area contributed by atoms with Gasteiger partial charge < -0.3 is 10.6 Å². The van der Waals surface area contributed by atoms with Gasteiger partial charge in [-0.15, -0.1) is 0 Å². The van der Waals surface area contributed by atoms with E-state index in [-0.39, 0.29) is 4.90 Å². The molecule has 4 rings (SSSR count). The number of anilines is 3. The van der Waals surface area contributed by atoms with E-state index in [4.69, 9.17) is 11.6 Å². The number of benzene rings is 3. The minimum absolute atomic E-state index is 0.268. The maximum Gasteiger partial charge on any atom is 0.323 e. The number of rotatable bonds is 4. The molecule has 0 spiro atoms. The molecular weight excluding hydrogens is 422 g/mol. The Hall–Kier alpha value is -3.03. The van der Waals surface area contributed by atoms with Crippen LogP contribution in [-0.2, 0) is 16.4 Å². The molecule has 0 saturated carbocycles. The highest BCUT2D eigenvalue weighted by atomic mass is 35.5. The van der Waals surface area contributed by atoms with Gasteiger partial charge in [0, 0.05) is 22.9 Å². The number of amides is 2. The molecule has 0 radical (unpaired) electrons. The number of sulfonamides is 1. The third kappa shape index (κ3) is 4.13. The summed E-state index contributed by atoms with van der Waals surface area (Å²) in [6.45, 7) is 2.28. The van der Waals surface area contributed by atoms with Gasteiger partial charge in [-0.1, -0.05) is 35.4 Å². The van der Waals surface area contributed by atoms with Gasteiger partial charge in [-0.3, -0.25) is 4.31 Å². The molecule has 2 N–H and O–H groups in total. The molecule has 1 aliphatic heterocycles. The van der Waals surface area contributed by atoms with Crippen LogP contribution < -0.4 is 14.9 Å². The summed E-state index contributed by atoms with van der Waals surface area (Å²) in [6, 6.07) is 18.5. The fourth-order valence-corrected chi connectivity index (χ4v) is 5.09. The maximum atomic E-state index is 13.0. The summed E-state index contributed by atoms with van der Waals surface area (Å²) in [5.74, 6) is 0. The number of urea groups is 1. The van der Waals surface area contributed by atoms with Crippen molar-refractivity contribution >= 4 is 44.7 Å². The number of carbonyl (C=O) groups excluding carboxylic acids is 1. The Morgan fingerprint density at radius 2 is 1.67 bits per heavy atom. The zero-order chi connectivity index (χ0) is 21.3. The number of fused-ring (bicyclic) bond motifs is 1. The first-order chi connectivity index (χ1) is 14.3. The lowest BCUT2D eigenvalue weighted by atomic mass is 10.1. The third-order valence-electron chi connectivity index (χ3n) is 4.88. The molecule has 3 aromatic rings. The number of halogens is 1. The second kappa shape index (κ2) is 8.01. The van der Waals surface area contributed by atoms with Crippen LogP contribution in [0.5, 0.6) is 0 Å². The van der Waals surface area contributed by atoms with Crippen molar-refractivity contribution in [3.05, 3.63) is 82.9 Å². The summed E-state index contributed by atoms with van der Waals surface area (Å²) in [6.07, 6.45) is 0.575. The van der Waals surface area contributed by atoms with Crippen LogP contribution >= 0.6 is 11.6 Å². The minimum Gasteiger partial charge on any atom is -0.308 e. The molecule has 8 heteroatoms. The van der Waals surface area contributed by atoms with E-state index in [1.807, 2.05) is 6.92 Å². The predicted octanol–water partition coefficient (Wildman–Crippen LogP) is 5.04. The molecule has 0 fully saturated rings. The molecule has 1 heterocycles. The number of aryl methyl sites for hydroxylation is 1. The molecule has 154 valence electrons. The summed E-state index contributed by atoms with van der Waals surface area (Å²) < 4.78 is 27.5. The summed E-state index contributed by atoms with van der Waals surface area (Å²) >= 11 is 5.93. The first-order valence-electron chi connectivity index (χ1n) is 9.39. The smallest absolute Gasteiger partial charge is 0.308 e. The van der Waals surface area contributed by atoms with Gasteiger partial charge in [0.15, 0.2) is 0 Å². The molecule has 0 saturated heterocycles. The molecule has 6 nitrogen and oxygen atoms in total. The van der Waals surface area contributed by atoms with E-state index in [2.05, 4.69) is 10.6 Å². The van der Waals surface area contributed by atoms with Crippen molar-refractivity contribution in [1.29, 1.82) is 0 Å². The van der Waals surface area contributed by atoms with Gasteiger partial charge in [-0.25, -0.2) is 13.2 Å². The molecular formula is C22H20ClN3O3S. The quantitative estimate of drug-likeness (QED) is 0.595. The lowest BCUT2D eigenvalue weighted by Gasteiger charge is -2.20. The Morgan fingerprint density at radius 1 is 0.967 bits per heavy atom. The average Bonchev–Trinajstić information content (AvgIpc) is 3.12. The Labute approximate surface area is 180 Å². The van der Waals surface area contributed by atoms with Crippen molar-refractivity contribution in [2.45, 2.75) is 18.2 Å². The minimum atomic E-state index is -3.63. The molecule has 3 aromatic carbocycles. The van der Waals surface area contributed by atoms with Crippen LogP contribution in [0, 0.1) is 6.92 Å². The normalized spacial score (nSPS) is 13.1. The number of nitrogens with one attached hydrogen (secondary N) is 2. The van der Waals surface area contributed by atoms with Crippen LogP contribution in [0.15, 0.2) is 71.6 Å². The molecule has 2 amide bonds. The van der Waals surface area contributed by atoms with Crippen molar-refractivity contribution in [1.82, 2.24) is 0 Å². The average molecular weight is 442 g/mol. The maximum absolute atomic E-state index is 13.0. The molecule has 0 unspecified atom stereocenters. The monoisotopic (exact) mass is 441 g/mol. The van der Waals surface area contributed by atoms with Crippen molar-refractivity contribution in [3.8, 4) is 0 Å². The lowest BCUT2D eigenvalue weighted by molar-refractivity contribution is 0.262. The van der Waals surface area contributed by atoms with Gasteiger partial charge in [-0.2, -0.15) is 0 Å². The zero-order valence-electron chi connectivity index (χ0n) is 16.2. The predicted molar refractivity (Wildman–Crippen MR) is 120 cm³/mol. The molecule has 0 atom stereocenters. The van der Waals surface area contributed by atoms with Gasteiger partial charge >= 0.3 is 6.03 Å². The molecule has 30 heavy (non-hydrogen) atoms. The Kier molecular flexibility index (Phi) is 5.40. The van der Waals surface area contributed by atoms with E-state index >= 15 is 0 Å². The Morgan fingerprint density at radius 3 is 2.37 bits per heavy atom. The van der Waals surface area contributed by atoms with E-state index < -0.39 is 16.1 Å². The second-order valence-electron chi connectivity index (χ2n) is 7.07. The van der Waals surface area contributed by atoms with E-state index in [9.17, 15) is 13.2 Å². The Balaban J connectivity index is 1.51. The van der Waals surface area contributed by atoms with Gasteiger partial charge in [0.2, 0.25) is 0 Å². The molecule has 0 aliphatic carbocycles. The summed E-state index contributed by atoms with van der Waals surface area (Å²) in [5, 5.41) is 6.02. The van der Waals surface area contributed by atoms with Crippen LogP contribution in [0.1, 0.15) is 11.1 Å². The highest BCUT2D eigenvalue weighted by Crippen LogP contribution is 2.34. The number of hydrogen-bond acceptors (Lipinski definition) is 3. The Bertz CT molecular complexity index is 1210. The molecule has 0 aromatic heterocycles. The van der Waals surface area contributed by atoms with Crippen molar-refractivity contribution in [3.63, 3.8) is 0 Å². The van der Waals surface area contributed by atoms with Crippen molar-refractivity contribution < 1.29 is 13.2 Å². The van der Waals surface area contributed by atoms with E-state index in [1.54, 1.807) is 66.7 Å². The van der Waals surface area contributed by atoms with Gasteiger partial charge in [0.05, 0.1) is 10.6 Å². The topological polar surface area (TPSA) is 78.5 Å². The van der Waals surface area contributed by atoms with Crippen LogP contribution in [0.25, 0.3) is 0 Å². The van der Waals surface area contributed by atoms with Crippen LogP contribution in [0.2, 0.25) is 5.02 Å². The third-order valence-corrected chi connectivity index (χ3v) is 6.94. The molecule has 1 aliphatic rings. The highest BCUT2D eigenvalue weighted by Gasteiger charge is 2.31. The van der Waals surface area contributed by atoms with Crippen molar-refractivity contribution in [2.75, 3.05) is 21.5 Å². The summed E-state index contributed by atoms with van der Waals surface area (Å²) in [5.41, 5.74) is 3.67. The lowest BCUT2D eigenvalue weighted by Crippen LogP contribution is -2.29. The van der Waals surface area contributed by atoms with Gasteiger partial charge in [-0.05, 0) is 67.4 Å². The number of hydrogen-bond donors (Lipinski definition) is 2. The van der Waals surface area contributed by atoms with Crippen LogP contribution in [0.3, 0.4) is 0 Å². The number of nitrogens with zero attached hydrogens (tertiary/aromatic N) is 1.